The first kappa shape index (κ1) is 17.7. The normalized spacial score (nSPS) is 16.1. The van der Waals surface area contributed by atoms with E-state index < -0.39 is 0 Å². The molecule has 2 heterocycles. The number of para-hydroxylation sites is 1. The zero-order valence-electron chi connectivity index (χ0n) is 16.1. The molecule has 25 heavy (non-hydrogen) atoms. The van der Waals surface area contributed by atoms with Crippen molar-refractivity contribution in [2.45, 2.75) is 52.9 Å². The molecule has 3 rings (SSSR count). The lowest BCUT2D eigenvalue weighted by atomic mass is 9.86. The van der Waals surface area contributed by atoms with E-state index in [1.54, 1.807) is 0 Å². The monoisotopic (exact) mass is 338 g/mol. The largest absolute Gasteiger partial charge is 0.341 e. The van der Waals surface area contributed by atoms with Gasteiger partial charge in [0.05, 0.1) is 0 Å². The predicted octanol–water partition coefficient (Wildman–Crippen LogP) is 5.06. The molecule has 0 spiro atoms. The van der Waals surface area contributed by atoms with E-state index in [0.29, 0.717) is 0 Å². The fraction of sp³-hybridized carbons (Fsp3) is 0.524. The van der Waals surface area contributed by atoms with Crippen LogP contribution in [0, 0.1) is 12.8 Å². The highest BCUT2D eigenvalue weighted by atomic mass is 15.3. The Kier molecular flexibility index (Phi) is 4.98. The quantitative estimate of drug-likeness (QED) is 0.849. The zero-order valence-corrected chi connectivity index (χ0v) is 16.1. The molecule has 1 aliphatic rings. The lowest BCUT2D eigenvalue weighted by molar-refractivity contribution is 0.434. The van der Waals surface area contributed by atoms with Gasteiger partial charge in [-0.25, -0.2) is 4.98 Å². The van der Waals surface area contributed by atoms with Crippen molar-refractivity contribution in [2.75, 3.05) is 23.3 Å². The number of nitrogens with one attached hydrogen (secondary N) is 1. The summed E-state index contributed by atoms with van der Waals surface area (Å²) in [4.78, 5) is 11.8. The van der Waals surface area contributed by atoms with Gasteiger partial charge in [-0.3, -0.25) is 0 Å². The molecule has 4 nitrogen and oxygen atoms in total. The summed E-state index contributed by atoms with van der Waals surface area (Å²) in [7, 11) is 0. The summed E-state index contributed by atoms with van der Waals surface area (Å²) in [5.74, 6) is 2.53. The Hall–Kier alpha value is -2.10. The summed E-state index contributed by atoms with van der Waals surface area (Å²) >= 11 is 0. The summed E-state index contributed by atoms with van der Waals surface area (Å²) in [6, 6.07) is 10.5. The van der Waals surface area contributed by atoms with Gasteiger partial charge in [0, 0.05) is 30.5 Å². The zero-order chi connectivity index (χ0) is 18.0. The number of aromatic nitrogens is 2. The van der Waals surface area contributed by atoms with Crippen LogP contribution in [0.2, 0.25) is 0 Å². The molecule has 0 aliphatic carbocycles. The van der Waals surface area contributed by atoms with E-state index in [1.165, 1.54) is 18.4 Å². The van der Waals surface area contributed by atoms with Gasteiger partial charge in [0.1, 0.15) is 5.82 Å². The second kappa shape index (κ2) is 7.03. The summed E-state index contributed by atoms with van der Waals surface area (Å²) < 4.78 is 0. The van der Waals surface area contributed by atoms with Crippen molar-refractivity contribution < 1.29 is 0 Å². The molecule has 1 N–H and O–H groups in total. The van der Waals surface area contributed by atoms with E-state index in [0.717, 1.165) is 42.2 Å². The van der Waals surface area contributed by atoms with Crippen LogP contribution in [-0.4, -0.2) is 23.1 Å². The number of piperidine rings is 1. The van der Waals surface area contributed by atoms with Crippen LogP contribution in [0.4, 0.5) is 17.5 Å². The second-order valence-corrected chi connectivity index (χ2v) is 8.28. The molecule has 0 bridgehead atoms. The third-order valence-corrected chi connectivity index (χ3v) is 4.91. The number of nitrogens with zero attached hydrogens (tertiary/aromatic N) is 3. The molecule has 4 heteroatoms. The highest BCUT2D eigenvalue weighted by Gasteiger charge is 2.20. The Morgan fingerprint density at radius 1 is 1.08 bits per heavy atom. The molecule has 134 valence electrons. The van der Waals surface area contributed by atoms with Crippen LogP contribution in [0.3, 0.4) is 0 Å². The fourth-order valence-electron chi connectivity index (χ4n) is 3.35. The molecule has 0 unspecified atom stereocenters. The molecular weight excluding hydrogens is 308 g/mol. The van der Waals surface area contributed by atoms with E-state index in [1.807, 2.05) is 13.0 Å². The summed E-state index contributed by atoms with van der Waals surface area (Å²) in [6.07, 6.45) is 2.43. The predicted molar refractivity (Wildman–Crippen MR) is 106 cm³/mol. The maximum atomic E-state index is 4.80. The molecule has 1 aromatic carbocycles. The van der Waals surface area contributed by atoms with Crippen molar-refractivity contribution in [3.05, 3.63) is 41.6 Å². The smallest absolute Gasteiger partial charge is 0.227 e. The maximum absolute atomic E-state index is 4.80. The molecule has 1 fully saturated rings. The Bertz CT molecular complexity index is 725. The minimum atomic E-state index is 0.0809. The number of hydrogen-bond acceptors (Lipinski definition) is 4. The highest BCUT2D eigenvalue weighted by Crippen LogP contribution is 2.31. The fourth-order valence-corrected chi connectivity index (χ4v) is 3.35. The van der Waals surface area contributed by atoms with Gasteiger partial charge in [0.25, 0.3) is 0 Å². The molecular formula is C21H30N4. The van der Waals surface area contributed by atoms with E-state index in [9.17, 15) is 0 Å². The van der Waals surface area contributed by atoms with Gasteiger partial charge in [0.2, 0.25) is 5.95 Å². The Morgan fingerprint density at radius 2 is 1.76 bits per heavy atom. The topological polar surface area (TPSA) is 41.1 Å². The van der Waals surface area contributed by atoms with Crippen molar-refractivity contribution in [3.8, 4) is 0 Å². The van der Waals surface area contributed by atoms with Gasteiger partial charge >= 0.3 is 0 Å². The van der Waals surface area contributed by atoms with Gasteiger partial charge in [-0.15, -0.1) is 0 Å². The first-order valence-electron chi connectivity index (χ1n) is 9.30. The minimum absolute atomic E-state index is 0.0809. The average molecular weight is 338 g/mol. The van der Waals surface area contributed by atoms with Crippen LogP contribution in [0.1, 0.15) is 51.8 Å². The third-order valence-electron chi connectivity index (χ3n) is 4.91. The molecule has 0 amide bonds. The number of rotatable bonds is 3. The lowest BCUT2D eigenvalue weighted by Gasteiger charge is -2.30. The van der Waals surface area contributed by atoms with Crippen molar-refractivity contribution >= 4 is 17.5 Å². The van der Waals surface area contributed by atoms with Gasteiger partial charge in [-0.1, -0.05) is 45.9 Å². The van der Waals surface area contributed by atoms with Gasteiger partial charge in [-0.2, -0.15) is 4.98 Å². The molecule has 1 saturated heterocycles. The molecule has 0 saturated carbocycles. The van der Waals surface area contributed by atoms with Crippen LogP contribution >= 0.6 is 0 Å². The standard InChI is InChI=1S/C21H30N4/c1-15-10-12-25(13-11-15)20-22-16(2)14-19(24-20)23-18-9-7-6-8-17(18)21(3,4)5/h6-9,14-15H,10-13H2,1-5H3,(H,22,23,24). The molecule has 1 aromatic heterocycles. The summed E-state index contributed by atoms with van der Waals surface area (Å²) in [5.41, 5.74) is 3.49. The molecule has 1 aliphatic heterocycles. The summed E-state index contributed by atoms with van der Waals surface area (Å²) in [5, 5.41) is 3.53. The number of benzene rings is 1. The van der Waals surface area contributed by atoms with Crippen LogP contribution in [0.15, 0.2) is 30.3 Å². The SMILES string of the molecule is Cc1cc(Nc2ccccc2C(C)(C)C)nc(N2CCC(C)CC2)n1. The van der Waals surface area contributed by atoms with Crippen molar-refractivity contribution in [3.63, 3.8) is 0 Å². The second-order valence-electron chi connectivity index (χ2n) is 8.28. The van der Waals surface area contributed by atoms with Crippen LogP contribution in [-0.2, 0) is 5.41 Å². The Balaban J connectivity index is 1.87. The number of hydrogen-bond donors (Lipinski definition) is 1. The van der Waals surface area contributed by atoms with E-state index in [-0.39, 0.29) is 5.41 Å². The highest BCUT2D eigenvalue weighted by molar-refractivity contribution is 5.63. The Morgan fingerprint density at radius 3 is 2.44 bits per heavy atom. The Labute approximate surface area is 151 Å². The van der Waals surface area contributed by atoms with Crippen LogP contribution < -0.4 is 10.2 Å². The average Bonchev–Trinajstić information content (AvgIpc) is 2.54. The van der Waals surface area contributed by atoms with Gasteiger partial charge < -0.3 is 10.2 Å². The first-order chi connectivity index (χ1) is 11.8. The van der Waals surface area contributed by atoms with E-state index in [2.05, 4.69) is 67.2 Å². The van der Waals surface area contributed by atoms with E-state index in [4.69, 9.17) is 4.98 Å². The van der Waals surface area contributed by atoms with E-state index >= 15 is 0 Å². The third kappa shape index (κ3) is 4.30. The lowest BCUT2D eigenvalue weighted by Crippen LogP contribution is -2.34. The first-order valence-corrected chi connectivity index (χ1v) is 9.30. The number of aryl methyl sites for hydroxylation is 1. The minimum Gasteiger partial charge on any atom is -0.341 e. The van der Waals surface area contributed by atoms with Crippen molar-refractivity contribution in [1.29, 1.82) is 0 Å². The maximum Gasteiger partial charge on any atom is 0.227 e. The summed E-state index contributed by atoms with van der Waals surface area (Å²) in [6.45, 7) is 13.2. The molecule has 0 atom stereocenters. The van der Waals surface area contributed by atoms with Gasteiger partial charge in [-0.05, 0) is 42.7 Å². The van der Waals surface area contributed by atoms with Crippen LogP contribution in [0.25, 0.3) is 0 Å². The van der Waals surface area contributed by atoms with Crippen LogP contribution in [0.5, 0.6) is 0 Å². The van der Waals surface area contributed by atoms with Crippen molar-refractivity contribution in [1.82, 2.24) is 9.97 Å². The van der Waals surface area contributed by atoms with Gasteiger partial charge in [0.15, 0.2) is 0 Å². The molecule has 2 aromatic rings. The van der Waals surface area contributed by atoms with Crippen molar-refractivity contribution in [2.24, 2.45) is 5.92 Å². The number of anilines is 3. The molecule has 0 radical (unpaired) electrons.